The molecule has 5 rings (SSSR count). The van der Waals surface area contributed by atoms with Crippen molar-refractivity contribution in [2.45, 2.75) is 31.8 Å². The van der Waals surface area contributed by atoms with Gasteiger partial charge in [0.15, 0.2) is 5.11 Å². The van der Waals surface area contributed by atoms with Crippen LogP contribution in [0.2, 0.25) is 0 Å². The molecule has 4 heterocycles. The van der Waals surface area contributed by atoms with Crippen molar-refractivity contribution in [1.82, 2.24) is 19.9 Å². The monoisotopic (exact) mass is 439 g/mol. The molecule has 160 valence electrons. The van der Waals surface area contributed by atoms with Gasteiger partial charge < -0.3 is 14.8 Å². The van der Waals surface area contributed by atoms with Crippen LogP contribution in [0.3, 0.4) is 0 Å². The summed E-state index contributed by atoms with van der Waals surface area (Å²) in [4.78, 5) is 11.4. The van der Waals surface area contributed by atoms with Gasteiger partial charge in [-0.05, 0) is 72.2 Å². The maximum Gasteiger partial charge on any atom is 0.174 e. The Hall–Kier alpha value is -3.51. The van der Waals surface area contributed by atoms with Crippen molar-refractivity contribution < 1.29 is 0 Å². The van der Waals surface area contributed by atoms with Crippen LogP contribution in [0, 0.1) is 0 Å². The number of anilines is 1. The summed E-state index contributed by atoms with van der Waals surface area (Å²) < 4.78 is 2.13. The number of hydrogen-bond donors (Lipinski definition) is 1. The van der Waals surface area contributed by atoms with E-state index in [0.717, 1.165) is 22.9 Å². The van der Waals surface area contributed by atoms with Crippen LogP contribution in [0.15, 0.2) is 91.4 Å². The predicted molar refractivity (Wildman–Crippen MR) is 132 cm³/mol. The van der Waals surface area contributed by atoms with Crippen molar-refractivity contribution in [1.29, 1.82) is 0 Å². The van der Waals surface area contributed by atoms with Crippen molar-refractivity contribution in [3.05, 3.63) is 108 Å². The topological polar surface area (TPSA) is 46.0 Å². The van der Waals surface area contributed by atoms with Crippen molar-refractivity contribution in [3.8, 4) is 5.82 Å². The molecule has 4 aromatic rings. The lowest BCUT2D eigenvalue weighted by Crippen LogP contribution is -2.30. The van der Waals surface area contributed by atoms with Crippen molar-refractivity contribution in [2.75, 3.05) is 4.90 Å². The molecule has 0 spiro atoms. The Balaban J connectivity index is 1.64. The molecule has 0 amide bonds. The highest BCUT2D eigenvalue weighted by Crippen LogP contribution is 2.42. The van der Waals surface area contributed by atoms with Gasteiger partial charge in [-0.25, -0.2) is 4.98 Å². The first-order valence-corrected chi connectivity index (χ1v) is 11.2. The van der Waals surface area contributed by atoms with E-state index in [-0.39, 0.29) is 12.1 Å². The van der Waals surface area contributed by atoms with Gasteiger partial charge in [0.05, 0.1) is 11.7 Å². The van der Waals surface area contributed by atoms with Crippen LogP contribution >= 0.6 is 12.2 Å². The molecule has 32 heavy (non-hydrogen) atoms. The summed E-state index contributed by atoms with van der Waals surface area (Å²) in [5, 5.41) is 4.23. The van der Waals surface area contributed by atoms with E-state index in [9.17, 15) is 0 Å². The second kappa shape index (κ2) is 8.55. The van der Waals surface area contributed by atoms with Crippen LogP contribution in [0.1, 0.15) is 48.8 Å². The van der Waals surface area contributed by atoms with Crippen LogP contribution in [-0.4, -0.2) is 19.6 Å². The molecular weight excluding hydrogens is 414 g/mol. The average Bonchev–Trinajstić information content (AvgIpc) is 3.44. The number of benzene rings is 1. The van der Waals surface area contributed by atoms with Gasteiger partial charge in [0.1, 0.15) is 11.9 Å². The lowest BCUT2D eigenvalue weighted by atomic mass is 9.99. The maximum atomic E-state index is 5.86. The van der Waals surface area contributed by atoms with E-state index in [2.05, 4.69) is 81.2 Å². The van der Waals surface area contributed by atoms with Gasteiger partial charge in [0.25, 0.3) is 0 Å². The zero-order valence-corrected chi connectivity index (χ0v) is 18.9. The summed E-state index contributed by atoms with van der Waals surface area (Å²) in [6, 6.07) is 24.7. The molecule has 2 unspecified atom stereocenters. The van der Waals surface area contributed by atoms with Gasteiger partial charge in [-0.2, -0.15) is 0 Å². The largest absolute Gasteiger partial charge is 0.351 e. The van der Waals surface area contributed by atoms with E-state index < -0.39 is 0 Å². The fourth-order valence-electron chi connectivity index (χ4n) is 4.29. The zero-order chi connectivity index (χ0) is 22.1. The van der Waals surface area contributed by atoms with Crippen LogP contribution in [0.4, 0.5) is 5.69 Å². The third-order valence-corrected chi connectivity index (χ3v) is 6.23. The molecule has 1 aliphatic heterocycles. The molecule has 0 saturated carbocycles. The molecule has 3 aromatic heterocycles. The van der Waals surface area contributed by atoms with Crippen LogP contribution in [0.25, 0.3) is 5.82 Å². The van der Waals surface area contributed by atoms with E-state index in [1.807, 2.05) is 48.8 Å². The SMILES string of the molecule is CC(C)c1ccc(N2C(=S)NC(c3ccccn3)C2c2cccn2-c2ccccn2)cc1. The molecule has 1 aromatic carbocycles. The summed E-state index contributed by atoms with van der Waals surface area (Å²) in [7, 11) is 0. The molecule has 6 heteroatoms. The molecule has 0 aliphatic carbocycles. The van der Waals surface area contributed by atoms with E-state index >= 15 is 0 Å². The molecule has 1 fully saturated rings. The number of aromatic nitrogens is 3. The highest BCUT2D eigenvalue weighted by molar-refractivity contribution is 7.80. The number of thiocarbonyl (C=S) groups is 1. The highest BCUT2D eigenvalue weighted by atomic mass is 32.1. The molecule has 2 atom stereocenters. The minimum atomic E-state index is -0.0918. The van der Waals surface area contributed by atoms with Gasteiger partial charge in [0, 0.05) is 30.0 Å². The molecule has 1 aliphatic rings. The minimum absolute atomic E-state index is 0.0840. The summed E-state index contributed by atoms with van der Waals surface area (Å²) in [6.45, 7) is 4.41. The first-order chi connectivity index (χ1) is 15.6. The zero-order valence-electron chi connectivity index (χ0n) is 18.1. The lowest BCUT2D eigenvalue weighted by Gasteiger charge is -2.29. The fraction of sp³-hybridized carbons (Fsp3) is 0.192. The van der Waals surface area contributed by atoms with Crippen molar-refractivity contribution in [3.63, 3.8) is 0 Å². The quantitative estimate of drug-likeness (QED) is 0.412. The molecule has 0 bridgehead atoms. The van der Waals surface area contributed by atoms with E-state index in [0.29, 0.717) is 11.0 Å². The van der Waals surface area contributed by atoms with Gasteiger partial charge in [-0.1, -0.05) is 38.1 Å². The molecule has 1 saturated heterocycles. The van der Waals surface area contributed by atoms with Crippen LogP contribution in [0.5, 0.6) is 0 Å². The van der Waals surface area contributed by atoms with Gasteiger partial charge >= 0.3 is 0 Å². The molecular formula is C26H25N5S. The van der Waals surface area contributed by atoms with Gasteiger partial charge in [-0.15, -0.1) is 0 Å². The summed E-state index contributed by atoms with van der Waals surface area (Å²) in [6.07, 6.45) is 5.69. The van der Waals surface area contributed by atoms with Crippen LogP contribution in [-0.2, 0) is 0 Å². The molecule has 1 N–H and O–H groups in total. The standard InChI is InChI=1S/C26H25N5S/c1-18(2)19-11-13-20(14-12-19)31-25(24(29-26(31)32)21-8-3-5-15-27-21)22-9-7-17-30(22)23-10-4-6-16-28-23/h3-18,24-25H,1-2H3,(H,29,32). The lowest BCUT2D eigenvalue weighted by molar-refractivity contribution is 0.548. The first kappa shape index (κ1) is 20.4. The van der Waals surface area contributed by atoms with Gasteiger partial charge in [-0.3, -0.25) is 4.98 Å². The highest BCUT2D eigenvalue weighted by Gasteiger charge is 2.42. The Bertz CT molecular complexity index is 1200. The number of nitrogens with one attached hydrogen (secondary N) is 1. The predicted octanol–water partition coefficient (Wildman–Crippen LogP) is 5.57. The first-order valence-electron chi connectivity index (χ1n) is 10.8. The number of rotatable bonds is 5. The summed E-state index contributed by atoms with van der Waals surface area (Å²) >= 11 is 5.86. The minimum Gasteiger partial charge on any atom is -0.351 e. The number of hydrogen-bond acceptors (Lipinski definition) is 3. The maximum absolute atomic E-state index is 5.86. The third kappa shape index (κ3) is 3.67. The fourth-order valence-corrected chi connectivity index (χ4v) is 4.64. The van der Waals surface area contributed by atoms with E-state index in [1.54, 1.807) is 0 Å². The van der Waals surface area contributed by atoms with E-state index in [1.165, 1.54) is 5.56 Å². The average molecular weight is 440 g/mol. The Kier molecular flexibility index (Phi) is 5.45. The van der Waals surface area contributed by atoms with Crippen molar-refractivity contribution in [2.24, 2.45) is 0 Å². The Labute approximate surface area is 193 Å². The van der Waals surface area contributed by atoms with Crippen molar-refractivity contribution >= 4 is 23.0 Å². The summed E-state index contributed by atoms with van der Waals surface area (Å²) in [5.74, 6) is 1.35. The third-order valence-electron chi connectivity index (χ3n) is 5.92. The number of pyridine rings is 2. The van der Waals surface area contributed by atoms with Gasteiger partial charge in [0.2, 0.25) is 0 Å². The molecule has 5 nitrogen and oxygen atoms in total. The second-order valence-corrected chi connectivity index (χ2v) is 8.62. The number of nitrogens with zero attached hydrogens (tertiary/aromatic N) is 4. The Morgan fingerprint density at radius 3 is 2.28 bits per heavy atom. The smallest absolute Gasteiger partial charge is 0.174 e. The second-order valence-electron chi connectivity index (χ2n) is 8.23. The van der Waals surface area contributed by atoms with E-state index in [4.69, 9.17) is 12.2 Å². The Morgan fingerprint density at radius 1 is 0.875 bits per heavy atom. The molecule has 0 radical (unpaired) electrons. The Morgan fingerprint density at radius 2 is 1.62 bits per heavy atom. The normalized spacial score (nSPS) is 18.2. The van der Waals surface area contributed by atoms with Crippen LogP contribution < -0.4 is 10.2 Å². The summed E-state index contributed by atoms with van der Waals surface area (Å²) in [5.41, 5.74) is 4.42.